The van der Waals surface area contributed by atoms with Gasteiger partial charge in [-0.3, -0.25) is 14.3 Å². The summed E-state index contributed by atoms with van der Waals surface area (Å²) in [5.41, 5.74) is 1.43. The van der Waals surface area contributed by atoms with Gasteiger partial charge in [0.1, 0.15) is 12.7 Å². The van der Waals surface area contributed by atoms with Crippen LogP contribution in [-0.2, 0) is 11.3 Å². The summed E-state index contributed by atoms with van der Waals surface area (Å²) in [6, 6.07) is 7.12. The molecule has 1 atom stereocenters. The Bertz CT molecular complexity index is 696. The quantitative estimate of drug-likeness (QED) is 0.905. The Balaban J connectivity index is 1.60. The van der Waals surface area contributed by atoms with Crippen molar-refractivity contribution in [1.82, 2.24) is 20.1 Å². The lowest BCUT2D eigenvalue weighted by Gasteiger charge is -2.26. The van der Waals surface area contributed by atoms with Gasteiger partial charge in [0.2, 0.25) is 5.91 Å². The summed E-state index contributed by atoms with van der Waals surface area (Å²) in [5.74, 6) is 0.0130. The number of rotatable bonds is 5. The number of anilines is 1. The third-order valence-electron chi connectivity index (χ3n) is 4.07. The summed E-state index contributed by atoms with van der Waals surface area (Å²) >= 11 is 0. The number of nitrogens with zero attached hydrogens (tertiary/aromatic N) is 4. The highest BCUT2D eigenvalue weighted by Gasteiger charge is 2.19. The zero-order valence-electron chi connectivity index (χ0n) is 13.7. The third-order valence-corrected chi connectivity index (χ3v) is 4.07. The van der Waals surface area contributed by atoms with E-state index in [0.29, 0.717) is 18.5 Å². The minimum Gasteiger partial charge on any atom is -0.348 e. The molecule has 1 aliphatic heterocycles. The minimum atomic E-state index is -0.140. The molecule has 1 fully saturated rings. The Hall–Kier alpha value is -2.70. The first-order chi connectivity index (χ1) is 11.6. The van der Waals surface area contributed by atoms with E-state index in [9.17, 15) is 9.59 Å². The Morgan fingerprint density at radius 3 is 2.75 bits per heavy atom. The maximum absolute atomic E-state index is 12.3. The molecule has 0 saturated carbocycles. The zero-order valence-corrected chi connectivity index (χ0v) is 13.7. The van der Waals surface area contributed by atoms with Crippen LogP contribution in [-0.4, -0.2) is 39.2 Å². The number of nitrogens with one attached hydrogen (secondary N) is 1. The molecule has 2 amide bonds. The summed E-state index contributed by atoms with van der Waals surface area (Å²) < 4.78 is 1.68. The van der Waals surface area contributed by atoms with Crippen molar-refractivity contribution in [2.75, 3.05) is 11.4 Å². The molecule has 1 aliphatic rings. The molecule has 126 valence electrons. The summed E-state index contributed by atoms with van der Waals surface area (Å²) in [7, 11) is 0. The average Bonchev–Trinajstić information content (AvgIpc) is 3.08. The van der Waals surface area contributed by atoms with Gasteiger partial charge in [-0.05, 0) is 44.0 Å². The number of piperidine rings is 1. The second-order valence-corrected chi connectivity index (χ2v) is 6.04. The minimum absolute atomic E-state index is 0.0671. The summed E-state index contributed by atoms with van der Waals surface area (Å²) in [4.78, 5) is 29.9. The van der Waals surface area contributed by atoms with Crippen LogP contribution >= 0.6 is 0 Å². The zero-order chi connectivity index (χ0) is 16.9. The van der Waals surface area contributed by atoms with Crippen LogP contribution in [0.15, 0.2) is 36.9 Å². The fraction of sp³-hybridized carbons (Fsp3) is 0.412. The molecule has 1 N–H and O–H groups in total. The second kappa shape index (κ2) is 7.25. The predicted octanol–water partition coefficient (Wildman–Crippen LogP) is 1.61. The molecular weight excluding hydrogens is 306 g/mol. The largest absolute Gasteiger partial charge is 0.348 e. The molecule has 3 rings (SSSR count). The molecule has 0 aliphatic carbocycles. The van der Waals surface area contributed by atoms with Crippen LogP contribution in [0.5, 0.6) is 0 Å². The van der Waals surface area contributed by atoms with E-state index in [1.807, 2.05) is 19.1 Å². The molecule has 0 spiro atoms. The first kappa shape index (κ1) is 16.2. The van der Waals surface area contributed by atoms with Crippen molar-refractivity contribution in [3.63, 3.8) is 0 Å². The van der Waals surface area contributed by atoms with Crippen LogP contribution in [0.1, 0.15) is 36.5 Å². The van der Waals surface area contributed by atoms with Crippen molar-refractivity contribution in [2.24, 2.45) is 0 Å². The summed E-state index contributed by atoms with van der Waals surface area (Å²) in [5, 5.41) is 6.96. The molecule has 0 bridgehead atoms. The first-order valence-corrected chi connectivity index (χ1v) is 8.17. The number of amides is 2. The second-order valence-electron chi connectivity index (χ2n) is 6.04. The molecule has 7 nitrogen and oxygen atoms in total. The van der Waals surface area contributed by atoms with Gasteiger partial charge in [0, 0.05) is 30.3 Å². The molecule has 2 aromatic rings. The van der Waals surface area contributed by atoms with Crippen LogP contribution in [0.25, 0.3) is 0 Å². The topological polar surface area (TPSA) is 80.1 Å². The molecular formula is C17H21N5O2. The van der Waals surface area contributed by atoms with Crippen LogP contribution in [0.2, 0.25) is 0 Å². The first-order valence-electron chi connectivity index (χ1n) is 8.17. The van der Waals surface area contributed by atoms with Gasteiger partial charge in [0.15, 0.2) is 0 Å². The van der Waals surface area contributed by atoms with Gasteiger partial charge in [-0.15, -0.1) is 0 Å². The van der Waals surface area contributed by atoms with Gasteiger partial charge in [-0.2, -0.15) is 5.10 Å². The molecule has 2 heterocycles. The van der Waals surface area contributed by atoms with E-state index in [4.69, 9.17) is 0 Å². The van der Waals surface area contributed by atoms with Gasteiger partial charge in [0.25, 0.3) is 5.91 Å². The fourth-order valence-corrected chi connectivity index (χ4v) is 2.83. The Morgan fingerprint density at radius 2 is 2.08 bits per heavy atom. The van der Waals surface area contributed by atoms with Gasteiger partial charge in [0.05, 0.1) is 6.54 Å². The normalized spacial score (nSPS) is 16.0. The van der Waals surface area contributed by atoms with E-state index in [1.165, 1.54) is 6.33 Å². The monoisotopic (exact) mass is 327 g/mol. The highest BCUT2D eigenvalue weighted by Crippen LogP contribution is 2.21. The van der Waals surface area contributed by atoms with Crippen LogP contribution in [0.3, 0.4) is 0 Å². The SMILES string of the molecule is CC(Cn1cncn1)NC(=O)c1ccc(N2CCCCC2=O)cc1. The van der Waals surface area contributed by atoms with E-state index in [1.54, 1.807) is 28.0 Å². The molecule has 0 radical (unpaired) electrons. The molecule has 1 saturated heterocycles. The molecule has 1 unspecified atom stereocenters. The third kappa shape index (κ3) is 3.79. The maximum atomic E-state index is 12.3. The van der Waals surface area contributed by atoms with Gasteiger partial charge < -0.3 is 10.2 Å². The van der Waals surface area contributed by atoms with Crippen molar-refractivity contribution in [1.29, 1.82) is 0 Å². The number of hydrogen-bond donors (Lipinski definition) is 1. The lowest BCUT2D eigenvalue weighted by molar-refractivity contribution is -0.119. The number of benzene rings is 1. The Kier molecular flexibility index (Phi) is 4.88. The molecule has 7 heteroatoms. The van der Waals surface area contributed by atoms with Crippen molar-refractivity contribution in [3.05, 3.63) is 42.5 Å². The van der Waals surface area contributed by atoms with Gasteiger partial charge in [-0.1, -0.05) is 0 Å². The van der Waals surface area contributed by atoms with Crippen LogP contribution < -0.4 is 10.2 Å². The molecule has 1 aromatic carbocycles. The Labute approximate surface area is 140 Å². The van der Waals surface area contributed by atoms with Crippen LogP contribution in [0.4, 0.5) is 5.69 Å². The predicted molar refractivity (Wildman–Crippen MR) is 89.6 cm³/mol. The highest BCUT2D eigenvalue weighted by molar-refractivity contribution is 5.97. The lowest BCUT2D eigenvalue weighted by atomic mass is 10.1. The van der Waals surface area contributed by atoms with Crippen molar-refractivity contribution in [3.8, 4) is 0 Å². The number of carbonyl (C=O) groups is 2. The number of aromatic nitrogens is 3. The van der Waals surface area contributed by atoms with E-state index >= 15 is 0 Å². The van der Waals surface area contributed by atoms with Crippen molar-refractivity contribution in [2.45, 2.75) is 38.8 Å². The smallest absolute Gasteiger partial charge is 0.251 e. The highest BCUT2D eigenvalue weighted by atomic mass is 16.2. The maximum Gasteiger partial charge on any atom is 0.251 e. The Morgan fingerprint density at radius 1 is 1.29 bits per heavy atom. The summed E-state index contributed by atoms with van der Waals surface area (Å²) in [6.45, 7) is 3.23. The van der Waals surface area contributed by atoms with E-state index in [2.05, 4.69) is 15.4 Å². The van der Waals surface area contributed by atoms with Crippen molar-refractivity contribution < 1.29 is 9.59 Å². The van der Waals surface area contributed by atoms with E-state index in [-0.39, 0.29) is 17.9 Å². The number of carbonyl (C=O) groups excluding carboxylic acids is 2. The van der Waals surface area contributed by atoms with Gasteiger partial charge in [-0.25, -0.2) is 4.98 Å². The van der Waals surface area contributed by atoms with E-state index in [0.717, 1.165) is 25.1 Å². The standard InChI is InChI=1S/C17H21N5O2/c1-13(10-21-12-18-11-19-21)20-17(24)14-5-7-15(8-6-14)22-9-3-2-4-16(22)23/h5-8,11-13H,2-4,9-10H2,1H3,(H,20,24). The lowest BCUT2D eigenvalue weighted by Crippen LogP contribution is -2.36. The molecule has 24 heavy (non-hydrogen) atoms. The number of hydrogen-bond acceptors (Lipinski definition) is 4. The van der Waals surface area contributed by atoms with Gasteiger partial charge >= 0.3 is 0 Å². The van der Waals surface area contributed by atoms with Crippen molar-refractivity contribution >= 4 is 17.5 Å². The summed E-state index contributed by atoms with van der Waals surface area (Å²) in [6.07, 6.45) is 5.66. The average molecular weight is 327 g/mol. The van der Waals surface area contributed by atoms with Crippen LogP contribution in [0, 0.1) is 0 Å². The molecule has 1 aromatic heterocycles. The van der Waals surface area contributed by atoms with E-state index < -0.39 is 0 Å². The fourth-order valence-electron chi connectivity index (χ4n) is 2.83.